The summed E-state index contributed by atoms with van der Waals surface area (Å²) < 4.78 is 10.5. The number of amides is 2. The molecule has 0 bridgehead atoms. The molecule has 2 aliphatic rings. The van der Waals surface area contributed by atoms with Gasteiger partial charge >= 0.3 is 12.1 Å². The van der Waals surface area contributed by atoms with Crippen molar-refractivity contribution in [2.75, 3.05) is 6.61 Å². The SMILES string of the molecule is O=C(NCc1nocc1C(=O)N[C@H]1CCC[C@H]1C(=O)O)OCC1c2ccccc2-c2ccccc21. The standard InChI is InChI=1S/C26H25N3O6/c30-24(28-22-11-5-10-19(22)25(31)32)21-14-35-29-23(21)12-27-26(33)34-13-20-17-8-3-1-6-15(17)16-7-2-4-9-18(16)20/h1-4,6-9,14,19-20,22H,5,10-13H2,(H,27,33)(H,28,30)(H,31,32)/t19-,22+/m1/s1. The summed E-state index contributed by atoms with van der Waals surface area (Å²) in [5.74, 6) is -2.07. The van der Waals surface area contributed by atoms with E-state index in [1.807, 2.05) is 36.4 Å². The van der Waals surface area contributed by atoms with Crippen LogP contribution in [0.15, 0.2) is 59.3 Å². The fourth-order valence-electron chi connectivity index (χ4n) is 5.05. The van der Waals surface area contributed by atoms with Gasteiger partial charge in [0, 0.05) is 12.0 Å². The second-order valence-corrected chi connectivity index (χ2v) is 8.81. The zero-order chi connectivity index (χ0) is 24.4. The molecule has 1 aromatic heterocycles. The second kappa shape index (κ2) is 9.61. The Bertz CT molecular complexity index is 1220. The van der Waals surface area contributed by atoms with Gasteiger partial charge < -0.3 is 25.0 Å². The van der Waals surface area contributed by atoms with Gasteiger partial charge in [0.2, 0.25) is 0 Å². The van der Waals surface area contributed by atoms with Crippen LogP contribution in [0.25, 0.3) is 11.1 Å². The van der Waals surface area contributed by atoms with Crippen molar-refractivity contribution >= 4 is 18.0 Å². The van der Waals surface area contributed by atoms with Crippen molar-refractivity contribution < 1.29 is 28.8 Å². The van der Waals surface area contributed by atoms with E-state index in [-0.39, 0.29) is 30.3 Å². The number of aromatic nitrogens is 1. The summed E-state index contributed by atoms with van der Waals surface area (Å²) in [6.07, 6.45) is 2.42. The molecule has 1 fully saturated rings. The topological polar surface area (TPSA) is 131 Å². The van der Waals surface area contributed by atoms with Crippen molar-refractivity contribution in [1.29, 1.82) is 0 Å². The highest BCUT2D eigenvalue weighted by molar-refractivity contribution is 5.95. The number of carboxylic acid groups (broad SMARTS) is 1. The first-order chi connectivity index (χ1) is 17.0. The van der Waals surface area contributed by atoms with Crippen LogP contribution in [0.5, 0.6) is 0 Å². The van der Waals surface area contributed by atoms with E-state index in [1.165, 1.54) is 6.26 Å². The maximum atomic E-state index is 12.7. The molecule has 35 heavy (non-hydrogen) atoms. The maximum absolute atomic E-state index is 12.7. The summed E-state index contributed by atoms with van der Waals surface area (Å²) in [7, 11) is 0. The Balaban J connectivity index is 1.18. The van der Waals surface area contributed by atoms with E-state index in [4.69, 9.17) is 9.26 Å². The number of carbonyl (C=O) groups excluding carboxylic acids is 2. The molecule has 9 heteroatoms. The highest BCUT2D eigenvalue weighted by atomic mass is 16.5. The van der Waals surface area contributed by atoms with Gasteiger partial charge in [-0.2, -0.15) is 0 Å². The van der Waals surface area contributed by atoms with E-state index >= 15 is 0 Å². The van der Waals surface area contributed by atoms with Gasteiger partial charge in [0.1, 0.15) is 24.1 Å². The van der Waals surface area contributed by atoms with Crippen molar-refractivity contribution in [3.63, 3.8) is 0 Å². The summed E-state index contributed by atoms with van der Waals surface area (Å²) >= 11 is 0. The molecule has 2 aliphatic carbocycles. The minimum Gasteiger partial charge on any atom is -0.481 e. The van der Waals surface area contributed by atoms with Gasteiger partial charge in [-0.15, -0.1) is 0 Å². The van der Waals surface area contributed by atoms with Gasteiger partial charge in [0.05, 0.1) is 12.5 Å². The number of carboxylic acids is 1. The number of hydrogen-bond donors (Lipinski definition) is 3. The minimum atomic E-state index is -0.921. The highest BCUT2D eigenvalue weighted by Crippen LogP contribution is 2.44. The van der Waals surface area contributed by atoms with E-state index in [9.17, 15) is 19.5 Å². The van der Waals surface area contributed by atoms with Crippen molar-refractivity contribution in [2.45, 2.75) is 37.8 Å². The van der Waals surface area contributed by atoms with Crippen molar-refractivity contribution in [2.24, 2.45) is 5.92 Å². The van der Waals surface area contributed by atoms with Crippen LogP contribution >= 0.6 is 0 Å². The molecule has 180 valence electrons. The fraction of sp³-hybridized carbons (Fsp3) is 0.308. The lowest BCUT2D eigenvalue weighted by Gasteiger charge is -2.17. The monoisotopic (exact) mass is 475 g/mol. The van der Waals surface area contributed by atoms with Crippen molar-refractivity contribution in [3.8, 4) is 11.1 Å². The van der Waals surface area contributed by atoms with Gasteiger partial charge in [-0.05, 0) is 35.1 Å². The maximum Gasteiger partial charge on any atom is 0.407 e. The molecule has 1 saturated carbocycles. The average Bonchev–Trinajstić information content (AvgIpc) is 3.59. The lowest BCUT2D eigenvalue weighted by atomic mass is 9.98. The van der Waals surface area contributed by atoms with Crippen LogP contribution in [-0.4, -0.2) is 40.9 Å². The second-order valence-electron chi connectivity index (χ2n) is 8.81. The van der Waals surface area contributed by atoms with E-state index in [2.05, 4.69) is 27.9 Å². The van der Waals surface area contributed by atoms with Gasteiger partial charge in [-0.3, -0.25) is 9.59 Å². The Morgan fingerprint density at radius 3 is 2.40 bits per heavy atom. The first-order valence-electron chi connectivity index (χ1n) is 11.6. The zero-order valence-corrected chi connectivity index (χ0v) is 18.9. The quantitative estimate of drug-likeness (QED) is 0.475. The van der Waals surface area contributed by atoms with Crippen LogP contribution in [0.2, 0.25) is 0 Å². The number of nitrogens with one attached hydrogen (secondary N) is 2. The number of ether oxygens (including phenoxy) is 1. The lowest BCUT2D eigenvalue weighted by Crippen LogP contribution is -2.40. The average molecular weight is 476 g/mol. The molecule has 0 unspecified atom stereocenters. The number of fused-ring (bicyclic) bond motifs is 3. The molecule has 1 heterocycles. The summed E-state index contributed by atoms with van der Waals surface area (Å²) in [5, 5.41) is 18.5. The number of nitrogens with zero attached hydrogens (tertiary/aromatic N) is 1. The van der Waals surface area contributed by atoms with E-state index in [0.717, 1.165) is 28.7 Å². The van der Waals surface area contributed by atoms with E-state index in [0.29, 0.717) is 12.8 Å². The summed E-state index contributed by atoms with van der Waals surface area (Å²) in [6.45, 7) is 0.104. The number of aliphatic carboxylic acids is 1. The number of carbonyl (C=O) groups is 3. The molecule has 0 saturated heterocycles. The lowest BCUT2D eigenvalue weighted by molar-refractivity contribution is -0.142. The predicted molar refractivity (Wildman–Crippen MR) is 125 cm³/mol. The summed E-state index contributed by atoms with van der Waals surface area (Å²) in [4.78, 5) is 36.5. The summed E-state index contributed by atoms with van der Waals surface area (Å²) in [6, 6.07) is 15.7. The number of benzene rings is 2. The fourth-order valence-corrected chi connectivity index (χ4v) is 5.05. The Labute approximate surface area is 201 Å². The van der Waals surface area contributed by atoms with Crippen LogP contribution < -0.4 is 10.6 Å². The van der Waals surface area contributed by atoms with Crippen LogP contribution in [0.4, 0.5) is 4.79 Å². The molecule has 3 N–H and O–H groups in total. The highest BCUT2D eigenvalue weighted by Gasteiger charge is 2.35. The predicted octanol–water partition coefficient (Wildman–Crippen LogP) is 3.70. The van der Waals surface area contributed by atoms with Gasteiger partial charge in [-0.25, -0.2) is 4.79 Å². The number of alkyl carbamates (subject to hydrolysis) is 1. The molecule has 0 spiro atoms. The van der Waals surface area contributed by atoms with Crippen LogP contribution in [0.1, 0.15) is 52.4 Å². The smallest absolute Gasteiger partial charge is 0.407 e. The molecule has 0 radical (unpaired) electrons. The molecule has 2 atom stereocenters. The molecule has 2 amide bonds. The minimum absolute atomic E-state index is 0.0601. The van der Waals surface area contributed by atoms with E-state index < -0.39 is 29.9 Å². The largest absolute Gasteiger partial charge is 0.481 e. The van der Waals surface area contributed by atoms with Crippen LogP contribution in [0, 0.1) is 5.92 Å². The Morgan fingerprint density at radius 2 is 1.71 bits per heavy atom. The first kappa shape index (κ1) is 22.6. The van der Waals surface area contributed by atoms with Crippen LogP contribution in [0.3, 0.4) is 0 Å². The number of rotatable bonds is 7. The zero-order valence-electron chi connectivity index (χ0n) is 18.9. The van der Waals surface area contributed by atoms with Crippen molar-refractivity contribution in [3.05, 3.63) is 77.2 Å². The summed E-state index contributed by atoms with van der Waals surface area (Å²) in [5.41, 5.74) is 4.90. The molecule has 2 aromatic carbocycles. The molecular formula is C26H25N3O6. The number of hydrogen-bond acceptors (Lipinski definition) is 6. The van der Waals surface area contributed by atoms with Crippen LogP contribution in [-0.2, 0) is 16.1 Å². The Kier molecular flexibility index (Phi) is 6.22. The third-order valence-electron chi connectivity index (χ3n) is 6.78. The normalized spacial score (nSPS) is 18.5. The first-order valence-corrected chi connectivity index (χ1v) is 11.6. The van der Waals surface area contributed by atoms with Gasteiger partial charge in [-0.1, -0.05) is 60.1 Å². The molecular weight excluding hydrogens is 450 g/mol. The molecule has 0 aliphatic heterocycles. The molecule has 3 aromatic rings. The van der Waals surface area contributed by atoms with Gasteiger partial charge in [0.15, 0.2) is 0 Å². The molecule has 9 nitrogen and oxygen atoms in total. The molecule has 5 rings (SSSR count). The van der Waals surface area contributed by atoms with Crippen molar-refractivity contribution in [1.82, 2.24) is 15.8 Å². The van der Waals surface area contributed by atoms with Gasteiger partial charge in [0.25, 0.3) is 5.91 Å². The Hall–Kier alpha value is -4.14. The third-order valence-corrected chi connectivity index (χ3v) is 6.78. The third kappa shape index (κ3) is 4.49. The Morgan fingerprint density at radius 1 is 1.03 bits per heavy atom. The van der Waals surface area contributed by atoms with E-state index in [1.54, 1.807) is 0 Å².